The smallest absolute Gasteiger partial charge is 0.235 e. The highest BCUT2D eigenvalue weighted by molar-refractivity contribution is 7.92. The Balaban J connectivity index is 1.50. The lowest BCUT2D eigenvalue weighted by molar-refractivity contribution is 0.0978. The van der Waals surface area contributed by atoms with Crippen LogP contribution >= 0.6 is 0 Å². The first-order chi connectivity index (χ1) is 14.5. The van der Waals surface area contributed by atoms with Crippen LogP contribution < -0.4 is 9.04 Å². The van der Waals surface area contributed by atoms with E-state index in [9.17, 15) is 13.2 Å². The van der Waals surface area contributed by atoms with Crippen molar-refractivity contribution in [2.45, 2.75) is 19.3 Å². The van der Waals surface area contributed by atoms with E-state index in [0.29, 0.717) is 30.1 Å². The van der Waals surface area contributed by atoms with Gasteiger partial charge < -0.3 is 4.74 Å². The number of hydrogen-bond acceptors (Lipinski definition) is 9. The normalized spacial score (nSPS) is 15.7. The molecule has 0 spiro atoms. The summed E-state index contributed by atoms with van der Waals surface area (Å²) in [6.07, 6.45) is 4.15. The van der Waals surface area contributed by atoms with E-state index in [1.54, 1.807) is 31.4 Å². The standard InChI is InChI=1S/C18H19N7O4S/c1-29-15-6-4-13(5-7-15)25-18(21-22-23-25)16(26)10-17-19-11-14(12-20-17)24-8-2-3-9-30(24,27)28/h4-7,11-12H,2-3,8-10H2,1H3. The van der Waals surface area contributed by atoms with Gasteiger partial charge in [0, 0.05) is 6.54 Å². The first-order valence-corrected chi connectivity index (χ1v) is 10.9. The van der Waals surface area contributed by atoms with Gasteiger partial charge in [0.2, 0.25) is 21.6 Å². The Hall–Kier alpha value is -3.41. The molecule has 0 bridgehead atoms. The fourth-order valence-electron chi connectivity index (χ4n) is 3.13. The number of sulfonamides is 1. The van der Waals surface area contributed by atoms with Crippen LogP contribution in [0.15, 0.2) is 36.7 Å². The zero-order valence-electron chi connectivity index (χ0n) is 16.2. The highest BCUT2D eigenvalue weighted by atomic mass is 32.2. The molecule has 3 aromatic rings. The van der Waals surface area contributed by atoms with Crippen molar-refractivity contribution in [3.63, 3.8) is 0 Å². The molecule has 30 heavy (non-hydrogen) atoms. The van der Waals surface area contributed by atoms with Gasteiger partial charge in [-0.25, -0.2) is 18.4 Å². The second-order valence-electron chi connectivity index (χ2n) is 6.67. The van der Waals surface area contributed by atoms with Gasteiger partial charge in [-0.1, -0.05) is 0 Å². The molecule has 1 aliphatic rings. The molecule has 1 aromatic carbocycles. The maximum absolute atomic E-state index is 12.7. The molecular formula is C18H19N7O4S. The molecule has 0 saturated carbocycles. The molecule has 12 heteroatoms. The molecule has 1 fully saturated rings. The van der Waals surface area contributed by atoms with E-state index in [-0.39, 0.29) is 29.6 Å². The van der Waals surface area contributed by atoms with E-state index in [1.165, 1.54) is 21.4 Å². The number of benzene rings is 1. The zero-order valence-corrected chi connectivity index (χ0v) is 17.0. The van der Waals surface area contributed by atoms with E-state index >= 15 is 0 Å². The topological polar surface area (TPSA) is 133 Å². The molecule has 0 N–H and O–H groups in total. The number of carbonyl (C=O) groups is 1. The number of tetrazole rings is 1. The van der Waals surface area contributed by atoms with E-state index < -0.39 is 10.0 Å². The Morgan fingerprint density at radius 3 is 2.50 bits per heavy atom. The molecule has 0 unspecified atom stereocenters. The van der Waals surface area contributed by atoms with Crippen molar-refractivity contribution in [1.82, 2.24) is 30.2 Å². The van der Waals surface area contributed by atoms with E-state index in [2.05, 4.69) is 25.5 Å². The average Bonchev–Trinajstić information content (AvgIpc) is 3.24. The summed E-state index contributed by atoms with van der Waals surface area (Å²) in [5.41, 5.74) is 1.00. The summed E-state index contributed by atoms with van der Waals surface area (Å²) in [6.45, 7) is 0.403. The van der Waals surface area contributed by atoms with Crippen LogP contribution in [0.25, 0.3) is 5.69 Å². The summed E-state index contributed by atoms with van der Waals surface area (Å²) in [5.74, 6) is 0.716. The summed E-state index contributed by atoms with van der Waals surface area (Å²) in [6, 6.07) is 6.94. The van der Waals surface area contributed by atoms with Crippen molar-refractivity contribution in [2.24, 2.45) is 0 Å². The average molecular weight is 429 g/mol. The third-order valence-electron chi connectivity index (χ3n) is 4.68. The lowest BCUT2D eigenvalue weighted by Gasteiger charge is -2.27. The molecule has 156 valence electrons. The molecule has 0 radical (unpaired) electrons. The predicted octanol–water partition coefficient (Wildman–Crippen LogP) is 0.816. The molecule has 1 saturated heterocycles. The SMILES string of the molecule is COc1ccc(-n2nnnc2C(=O)Cc2ncc(N3CCCCS3(=O)=O)cn2)cc1. The second kappa shape index (κ2) is 8.14. The van der Waals surface area contributed by atoms with Crippen molar-refractivity contribution >= 4 is 21.5 Å². The Morgan fingerprint density at radius 2 is 1.83 bits per heavy atom. The van der Waals surface area contributed by atoms with Crippen molar-refractivity contribution in [3.8, 4) is 11.4 Å². The van der Waals surface area contributed by atoms with Crippen molar-refractivity contribution in [1.29, 1.82) is 0 Å². The molecule has 3 heterocycles. The minimum atomic E-state index is -3.34. The first-order valence-electron chi connectivity index (χ1n) is 9.25. The minimum absolute atomic E-state index is 0.0476. The molecular weight excluding hydrogens is 410 g/mol. The van der Waals surface area contributed by atoms with Gasteiger partial charge >= 0.3 is 0 Å². The zero-order chi connectivity index (χ0) is 21.1. The highest BCUT2D eigenvalue weighted by Gasteiger charge is 2.26. The Labute approximate surface area is 172 Å². The van der Waals surface area contributed by atoms with Gasteiger partial charge in [0.25, 0.3) is 0 Å². The summed E-state index contributed by atoms with van der Waals surface area (Å²) in [4.78, 5) is 21.0. The van der Waals surface area contributed by atoms with E-state index in [4.69, 9.17) is 4.74 Å². The van der Waals surface area contributed by atoms with Crippen LogP contribution in [0.1, 0.15) is 29.3 Å². The molecule has 4 rings (SSSR count). The molecule has 0 aliphatic carbocycles. The third kappa shape index (κ3) is 3.99. The van der Waals surface area contributed by atoms with Crippen LogP contribution in [0.4, 0.5) is 5.69 Å². The number of methoxy groups -OCH3 is 1. The summed E-state index contributed by atoms with van der Waals surface area (Å²) >= 11 is 0. The largest absolute Gasteiger partial charge is 0.497 e. The monoisotopic (exact) mass is 429 g/mol. The van der Waals surface area contributed by atoms with Crippen LogP contribution in [0, 0.1) is 0 Å². The molecule has 1 aliphatic heterocycles. The highest BCUT2D eigenvalue weighted by Crippen LogP contribution is 2.22. The molecule has 2 aromatic heterocycles. The van der Waals surface area contributed by atoms with Crippen LogP contribution in [-0.4, -0.2) is 63.8 Å². The Morgan fingerprint density at radius 1 is 1.10 bits per heavy atom. The van der Waals surface area contributed by atoms with Crippen LogP contribution in [0.3, 0.4) is 0 Å². The van der Waals surface area contributed by atoms with Gasteiger partial charge in [0.1, 0.15) is 11.6 Å². The molecule has 11 nitrogen and oxygen atoms in total. The summed E-state index contributed by atoms with van der Waals surface area (Å²) in [7, 11) is -1.78. The Kier molecular flexibility index (Phi) is 5.40. The number of Topliss-reactive ketones (excluding diaryl/α,β-unsaturated/α-hetero) is 1. The first kappa shape index (κ1) is 19.9. The van der Waals surface area contributed by atoms with E-state index in [1.807, 2.05) is 0 Å². The quantitative estimate of drug-likeness (QED) is 0.522. The fourth-order valence-corrected chi connectivity index (χ4v) is 4.74. The number of hydrogen-bond donors (Lipinski definition) is 0. The van der Waals surface area contributed by atoms with Gasteiger partial charge in [-0.2, -0.15) is 4.68 Å². The maximum Gasteiger partial charge on any atom is 0.235 e. The summed E-state index contributed by atoms with van der Waals surface area (Å²) < 4.78 is 32.2. The van der Waals surface area contributed by atoms with Gasteiger partial charge in [0.05, 0.1) is 43.1 Å². The number of nitrogens with zero attached hydrogens (tertiary/aromatic N) is 7. The number of carbonyl (C=O) groups excluding carboxylic acids is 1. The minimum Gasteiger partial charge on any atom is -0.497 e. The van der Waals surface area contributed by atoms with Crippen LogP contribution in [0.5, 0.6) is 5.75 Å². The lowest BCUT2D eigenvalue weighted by Crippen LogP contribution is -2.38. The van der Waals surface area contributed by atoms with Gasteiger partial charge in [-0.05, 0) is 47.5 Å². The maximum atomic E-state index is 12.7. The Bertz CT molecular complexity index is 1140. The number of ketones is 1. The number of anilines is 1. The fraction of sp³-hybridized carbons (Fsp3) is 0.333. The second-order valence-corrected chi connectivity index (χ2v) is 8.68. The number of rotatable bonds is 6. The number of ether oxygens (including phenoxy) is 1. The third-order valence-corrected chi connectivity index (χ3v) is 6.55. The van der Waals surface area contributed by atoms with Crippen molar-refractivity contribution in [3.05, 3.63) is 48.3 Å². The van der Waals surface area contributed by atoms with Crippen LogP contribution in [0.2, 0.25) is 0 Å². The lowest BCUT2D eigenvalue weighted by atomic mass is 10.2. The number of aromatic nitrogens is 6. The van der Waals surface area contributed by atoms with Gasteiger partial charge in [-0.15, -0.1) is 5.10 Å². The summed E-state index contributed by atoms with van der Waals surface area (Å²) in [5, 5.41) is 11.3. The molecule has 0 atom stereocenters. The van der Waals surface area contributed by atoms with Crippen molar-refractivity contribution in [2.75, 3.05) is 23.7 Å². The van der Waals surface area contributed by atoms with Gasteiger partial charge in [-0.3, -0.25) is 9.10 Å². The molecule has 0 amide bonds. The van der Waals surface area contributed by atoms with E-state index in [0.717, 1.165) is 6.42 Å². The predicted molar refractivity (Wildman–Crippen MR) is 106 cm³/mol. The van der Waals surface area contributed by atoms with Crippen molar-refractivity contribution < 1.29 is 17.9 Å². The van der Waals surface area contributed by atoms with Gasteiger partial charge in [0.15, 0.2) is 0 Å². The van der Waals surface area contributed by atoms with Crippen LogP contribution in [-0.2, 0) is 16.4 Å².